The second-order valence-corrected chi connectivity index (χ2v) is 6.45. The smallest absolute Gasteiger partial charge is 0.367 e. The molecule has 4 rings (SSSR count). The summed E-state index contributed by atoms with van der Waals surface area (Å²) in [6.07, 6.45) is 1.73. The summed E-state index contributed by atoms with van der Waals surface area (Å²) in [5, 5.41) is 6.03. The Bertz CT molecular complexity index is 1110. The molecule has 0 fully saturated rings. The molecule has 1 aliphatic rings. The van der Waals surface area contributed by atoms with Gasteiger partial charge in [-0.05, 0) is 47.0 Å². The van der Waals surface area contributed by atoms with E-state index in [0.717, 1.165) is 11.1 Å². The summed E-state index contributed by atoms with van der Waals surface area (Å²) in [6, 6.07) is 19.9. The van der Waals surface area contributed by atoms with E-state index in [1.54, 1.807) is 20.1 Å². The second kappa shape index (κ2) is 7.56. The summed E-state index contributed by atoms with van der Waals surface area (Å²) >= 11 is 0. The molecule has 0 radical (unpaired) electrons. The lowest BCUT2D eigenvalue weighted by molar-refractivity contribution is -0.136. The average Bonchev–Trinajstić information content (AvgIpc) is 3.04. The number of nitrogens with zero attached hydrogens (tertiary/aromatic N) is 1. The Morgan fingerprint density at radius 2 is 1.86 bits per heavy atom. The first-order valence-corrected chi connectivity index (χ1v) is 8.91. The number of benzene rings is 3. The standard InChI is InChI=1S/C23H19NO4/c1-15-20(23(25)28-24-15)12-16-10-11-21(22(13-16)26-2)27-14-18-8-5-7-17-6-3-4-9-19(17)18/h3-13H,14H2,1-2H3/b20-12+. The first-order valence-electron chi connectivity index (χ1n) is 8.91. The molecule has 0 bridgehead atoms. The van der Waals surface area contributed by atoms with Crippen molar-refractivity contribution in [1.82, 2.24) is 0 Å². The molecule has 0 atom stereocenters. The Kier molecular flexibility index (Phi) is 4.81. The van der Waals surface area contributed by atoms with Gasteiger partial charge in [-0.3, -0.25) is 0 Å². The van der Waals surface area contributed by atoms with Crippen molar-refractivity contribution in [3.63, 3.8) is 0 Å². The van der Waals surface area contributed by atoms with Crippen LogP contribution in [0.1, 0.15) is 18.1 Å². The molecule has 0 saturated carbocycles. The van der Waals surface area contributed by atoms with Gasteiger partial charge in [0.25, 0.3) is 0 Å². The first kappa shape index (κ1) is 17.8. The van der Waals surface area contributed by atoms with Crippen LogP contribution in [0.3, 0.4) is 0 Å². The Balaban J connectivity index is 1.58. The molecule has 140 valence electrons. The fourth-order valence-corrected chi connectivity index (χ4v) is 3.15. The number of ether oxygens (including phenoxy) is 2. The highest BCUT2D eigenvalue weighted by Gasteiger charge is 2.21. The number of hydrogen-bond acceptors (Lipinski definition) is 5. The first-order chi connectivity index (χ1) is 13.7. The molecule has 1 aliphatic heterocycles. The van der Waals surface area contributed by atoms with Crippen molar-refractivity contribution >= 4 is 28.5 Å². The van der Waals surface area contributed by atoms with Gasteiger partial charge in [-0.1, -0.05) is 53.7 Å². The van der Waals surface area contributed by atoms with Gasteiger partial charge in [-0.25, -0.2) is 4.79 Å². The van der Waals surface area contributed by atoms with Crippen molar-refractivity contribution in [3.05, 3.63) is 77.4 Å². The SMILES string of the molecule is COc1cc(/C=C2/C(=O)ON=C2C)ccc1OCc1cccc2ccccc12. The van der Waals surface area contributed by atoms with E-state index >= 15 is 0 Å². The lowest BCUT2D eigenvalue weighted by Gasteiger charge is -2.13. The van der Waals surface area contributed by atoms with Gasteiger partial charge in [0.1, 0.15) is 6.61 Å². The third-order valence-electron chi connectivity index (χ3n) is 4.64. The Labute approximate surface area is 162 Å². The zero-order valence-corrected chi connectivity index (χ0v) is 15.6. The van der Waals surface area contributed by atoms with Crippen molar-refractivity contribution in [2.24, 2.45) is 5.16 Å². The second-order valence-electron chi connectivity index (χ2n) is 6.45. The maximum absolute atomic E-state index is 11.7. The molecule has 0 aromatic heterocycles. The molecule has 0 spiro atoms. The van der Waals surface area contributed by atoms with E-state index in [1.165, 1.54) is 10.8 Å². The number of hydrogen-bond donors (Lipinski definition) is 0. The van der Waals surface area contributed by atoms with Crippen LogP contribution >= 0.6 is 0 Å². The summed E-state index contributed by atoms with van der Waals surface area (Å²) in [4.78, 5) is 16.4. The van der Waals surface area contributed by atoms with E-state index in [9.17, 15) is 4.79 Å². The van der Waals surface area contributed by atoms with E-state index in [2.05, 4.69) is 34.3 Å². The topological polar surface area (TPSA) is 57.1 Å². The fraction of sp³-hybridized carbons (Fsp3) is 0.130. The molecule has 1 heterocycles. The van der Waals surface area contributed by atoms with Crippen molar-refractivity contribution < 1.29 is 19.1 Å². The van der Waals surface area contributed by atoms with E-state index in [4.69, 9.17) is 9.47 Å². The van der Waals surface area contributed by atoms with Crippen LogP contribution in [0, 0.1) is 0 Å². The summed E-state index contributed by atoms with van der Waals surface area (Å²) in [6.45, 7) is 2.16. The predicted molar refractivity (Wildman–Crippen MR) is 108 cm³/mol. The van der Waals surface area contributed by atoms with E-state index in [0.29, 0.717) is 29.4 Å². The summed E-state index contributed by atoms with van der Waals surface area (Å²) in [7, 11) is 1.59. The number of rotatable bonds is 5. The van der Waals surface area contributed by atoms with Gasteiger partial charge in [0, 0.05) is 0 Å². The Morgan fingerprint density at radius 3 is 2.64 bits per heavy atom. The molecule has 28 heavy (non-hydrogen) atoms. The lowest BCUT2D eigenvalue weighted by atomic mass is 10.1. The van der Waals surface area contributed by atoms with Gasteiger partial charge in [0.05, 0.1) is 18.4 Å². The number of methoxy groups -OCH3 is 1. The summed E-state index contributed by atoms with van der Waals surface area (Å²) in [5.41, 5.74) is 2.90. The number of fused-ring (bicyclic) bond motifs is 1. The molecule has 0 saturated heterocycles. The zero-order valence-electron chi connectivity index (χ0n) is 15.6. The molecule has 0 unspecified atom stereocenters. The average molecular weight is 373 g/mol. The fourth-order valence-electron chi connectivity index (χ4n) is 3.15. The molecular formula is C23H19NO4. The minimum Gasteiger partial charge on any atom is -0.493 e. The van der Waals surface area contributed by atoms with Crippen molar-refractivity contribution in [2.45, 2.75) is 13.5 Å². The molecule has 3 aromatic carbocycles. The monoisotopic (exact) mass is 373 g/mol. The van der Waals surface area contributed by atoms with Gasteiger partial charge in [0.2, 0.25) is 0 Å². The summed E-state index contributed by atoms with van der Waals surface area (Å²) in [5.74, 6) is 0.778. The van der Waals surface area contributed by atoms with Crippen molar-refractivity contribution in [1.29, 1.82) is 0 Å². The van der Waals surface area contributed by atoms with E-state index in [1.807, 2.05) is 36.4 Å². The normalized spacial score (nSPS) is 14.9. The highest BCUT2D eigenvalue weighted by Crippen LogP contribution is 2.31. The Morgan fingerprint density at radius 1 is 1.04 bits per heavy atom. The van der Waals surface area contributed by atoms with Crippen LogP contribution in [0.5, 0.6) is 11.5 Å². The molecule has 5 nitrogen and oxygen atoms in total. The van der Waals surface area contributed by atoms with Gasteiger partial charge in [-0.15, -0.1) is 0 Å². The molecule has 3 aromatic rings. The Hall–Kier alpha value is -3.60. The highest BCUT2D eigenvalue weighted by atomic mass is 16.7. The van der Waals surface area contributed by atoms with Gasteiger partial charge in [0.15, 0.2) is 11.5 Å². The third kappa shape index (κ3) is 3.47. The van der Waals surface area contributed by atoms with Gasteiger partial charge in [-0.2, -0.15) is 0 Å². The number of carbonyl (C=O) groups excluding carboxylic acids is 1. The number of oxime groups is 1. The maximum atomic E-state index is 11.7. The molecule has 0 N–H and O–H groups in total. The highest BCUT2D eigenvalue weighted by molar-refractivity contribution is 6.24. The van der Waals surface area contributed by atoms with E-state index in [-0.39, 0.29) is 0 Å². The van der Waals surface area contributed by atoms with Gasteiger partial charge >= 0.3 is 5.97 Å². The van der Waals surface area contributed by atoms with Crippen LogP contribution in [-0.2, 0) is 16.2 Å². The minimum absolute atomic E-state index is 0.427. The minimum atomic E-state index is -0.451. The molecule has 5 heteroatoms. The third-order valence-corrected chi connectivity index (χ3v) is 4.64. The summed E-state index contributed by atoms with van der Waals surface area (Å²) < 4.78 is 11.5. The van der Waals surface area contributed by atoms with Crippen LogP contribution in [0.15, 0.2) is 71.4 Å². The van der Waals surface area contributed by atoms with E-state index < -0.39 is 5.97 Å². The molecular weight excluding hydrogens is 354 g/mol. The lowest BCUT2D eigenvalue weighted by Crippen LogP contribution is -2.02. The zero-order chi connectivity index (χ0) is 19.5. The van der Waals surface area contributed by atoms with Crippen LogP contribution < -0.4 is 9.47 Å². The number of carbonyl (C=O) groups is 1. The van der Waals surface area contributed by atoms with Crippen molar-refractivity contribution in [2.75, 3.05) is 7.11 Å². The van der Waals surface area contributed by atoms with Crippen molar-refractivity contribution in [3.8, 4) is 11.5 Å². The van der Waals surface area contributed by atoms with Crippen LogP contribution in [0.25, 0.3) is 16.8 Å². The molecule has 0 aliphatic carbocycles. The maximum Gasteiger partial charge on any atom is 0.367 e. The molecule has 0 amide bonds. The van der Waals surface area contributed by atoms with Crippen LogP contribution in [0.4, 0.5) is 0 Å². The van der Waals surface area contributed by atoms with Crippen LogP contribution in [0.2, 0.25) is 0 Å². The largest absolute Gasteiger partial charge is 0.493 e. The predicted octanol–water partition coefficient (Wildman–Crippen LogP) is 4.74. The van der Waals surface area contributed by atoms with Gasteiger partial charge < -0.3 is 14.3 Å². The van der Waals surface area contributed by atoms with Crippen LogP contribution in [-0.4, -0.2) is 18.8 Å². The quantitative estimate of drug-likeness (QED) is 0.479.